The van der Waals surface area contributed by atoms with Gasteiger partial charge in [-0.05, 0) is 49.5 Å². The average Bonchev–Trinajstić information content (AvgIpc) is 2.76. The van der Waals surface area contributed by atoms with E-state index >= 15 is 0 Å². The zero-order valence-electron chi connectivity index (χ0n) is 19.5. The molecule has 33 heavy (non-hydrogen) atoms. The Kier molecular flexibility index (Phi) is 12.1. The van der Waals surface area contributed by atoms with E-state index < -0.39 is 29.6 Å². The van der Waals surface area contributed by atoms with Gasteiger partial charge in [0.1, 0.15) is 11.6 Å². The van der Waals surface area contributed by atoms with Crippen LogP contribution in [0.15, 0.2) is 33.5 Å². The van der Waals surface area contributed by atoms with E-state index in [1.165, 1.54) is 17.8 Å². The maximum absolute atomic E-state index is 11.9. The number of hydrogen-bond donors (Lipinski definition) is 2. The summed E-state index contributed by atoms with van der Waals surface area (Å²) in [5.74, 6) is -1.17. The second-order valence-corrected chi connectivity index (χ2v) is 8.23. The molecule has 1 aromatic carbocycles. The Morgan fingerprint density at radius 1 is 1.24 bits per heavy atom. The molecule has 1 aromatic heterocycles. The van der Waals surface area contributed by atoms with Crippen LogP contribution >= 0.6 is 11.8 Å². The van der Waals surface area contributed by atoms with E-state index in [-0.39, 0.29) is 19.4 Å². The molecule has 0 aliphatic heterocycles. The van der Waals surface area contributed by atoms with Crippen LogP contribution in [-0.4, -0.2) is 52.6 Å². The van der Waals surface area contributed by atoms with E-state index in [1.54, 1.807) is 13.0 Å². The average molecular weight is 481 g/mol. The number of aliphatic carboxylic acids is 1. The van der Waals surface area contributed by atoms with Gasteiger partial charge in [-0.1, -0.05) is 26.3 Å². The number of hydrogen-bond acceptors (Lipinski definition) is 8. The van der Waals surface area contributed by atoms with Crippen molar-refractivity contribution in [3.05, 3.63) is 40.2 Å². The van der Waals surface area contributed by atoms with E-state index in [1.807, 2.05) is 32.2 Å². The minimum absolute atomic E-state index is 0.0614. The number of carboxylic acid groups (broad SMARTS) is 1. The molecule has 1 heterocycles. The zero-order valence-corrected chi connectivity index (χ0v) is 20.3. The number of amides is 2. The van der Waals surface area contributed by atoms with Crippen molar-refractivity contribution < 1.29 is 28.6 Å². The third kappa shape index (κ3) is 8.80. The number of carbonyl (C=O) groups is 3. The number of nitrogen functional groups attached to an aromatic ring is 1. The van der Waals surface area contributed by atoms with E-state index in [9.17, 15) is 24.3 Å². The molecule has 10 heteroatoms. The quantitative estimate of drug-likeness (QED) is 0.401. The van der Waals surface area contributed by atoms with E-state index in [2.05, 4.69) is 0 Å². The Morgan fingerprint density at radius 2 is 1.94 bits per heavy atom. The van der Waals surface area contributed by atoms with Crippen molar-refractivity contribution in [1.29, 1.82) is 0 Å². The third-order valence-electron chi connectivity index (χ3n) is 4.62. The van der Waals surface area contributed by atoms with Gasteiger partial charge in [0, 0.05) is 23.6 Å². The highest BCUT2D eigenvalue weighted by molar-refractivity contribution is 7.98. The smallest absolute Gasteiger partial charge is 0.417 e. The van der Waals surface area contributed by atoms with E-state index in [0.29, 0.717) is 23.4 Å². The fraction of sp³-hybridized carbons (Fsp3) is 0.478. The summed E-state index contributed by atoms with van der Waals surface area (Å²) in [6, 6.07) is 5.70. The molecule has 0 aliphatic rings. The lowest BCUT2D eigenvalue weighted by molar-refractivity contribution is -0.148. The van der Waals surface area contributed by atoms with Crippen LogP contribution in [0.1, 0.15) is 45.1 Å². The lowest BCUT2D eigenvalue weighted by atomic mass is 10.1. The Balaban J connectivity index is 0.000000357. The first-order chi connectivity index (χ1) is 15.7. The zero-order chi connectivity index (χ0) is 25.0. The van der Waals surface area contributed by atoms with Gasteiger partial charge >= 0.3 is 17.7 Å². The second-order valence-electron chi connectivity index (χ2n) is 7.24. The summed E-state index contributed by atoms with van der Waals surface area (Å²) >= 11 is 1.46. The topological polar surface area (TPSA) is 140 Å². The van der Waals surface area contributed by atoms with Crippen molar-refractivity contribution in [2.75, 3.05) is 24.3 Å². The van der Waals surface area contributed by atoms with Crippen LogP contribution in [0.4, 0.5) is 10.5 Å². The van der Waals surface area contributed by atoms with Gasteiger partial charge in [-0.25, -0.2) is 19.3 Å². The highest BCUT2D eigenvalue weighted by Gasteiger charge is 2.34. The molecule has 2 aromatic rings. The number of fused-ring (bicyclic) bond motifs is 1. The first-order valence-electron chi connectivity index (χ1n) is 10.7. The number of thioether (sulfide) groups is 1. The number of rotatable bonds is 9. The number of ether oxygens (including phenoxy) is 1. The molecule has 0 spiro atoms. The molecular weight excluding hydrogens is 448 g/mol. The van der Waals surface area contributed by atoms with Crippen LogP contribution in [0.2, 0.25) is 0 Å². The van der Waals surface area contributed by atoms with E-state index in [4.69, 9.17) is 14.9 Å². The van der Waals surface area contributed by atoms with Crippen molar-refractivity contribution >= 4 is 46.4 Å². The van der Waals surface area contributed by atoms with Crippen molar-refractivity contribution in [2.24, 2.45) is 0 Å². The first kappa shape index (κ1) is 28.0. The number of nitrogens with zero attached hydrogens (tertiary/aromatic N) is 1. The largest absolute Gasteiger partial charge is 0.480 e. The Hall–Kier alpha value is -3.01. The van der Waals surface area contributed by atoms with Crippen LogP contribution in [-0.2, 0) is 14.3 Å². The van der Waals surface area contributed by atoms with Gasteiger partial charge in [0.15, 0.2) is 0 Å². The molecule has 0 saturated carbocycles. The van der Waals surface area contributed by atoms with Crippen molar-refractivity contribution in [1.82, 2.24) is 4.90 Å². The molecule has 182 valence electrons. The number of aryl methyl sites for hydroxylation is 1. The Labute approximate surface area is 197 Å². The Bertz CT molecular complexity index is 1010. The van der Waals surface area contributed by atoms with Crippen LogP contribution in [0.25, 0.3) is 11.0 Å². The Morgan fingerprint density at radius 3 is 2.52 bits per heavy atom. The number of unbranched alkanes of at least 4 members (excludes halogenated alkanes) is 1. The van der Waals surface area contributed by atoms with Gasteiger partial charge < -0.3 is 20.0 Å². The van der Waals surface area contributed by atoms with Crippen LogP contribution in [0.5, 0.6) is 0 Å². The maximum atomic E-state index is 11.9. The summed E-state index contributed by atoms with van der Waals surface area (Å²) in [6.45, 7) is 5.66. The number of imide groups is 1. The monoisotopic (exact) mass is 480 g/mol. The lowest BCUT2D eigenvalue weighted by Gasteiger charge is -2.26. The molecule has 0 aliphatic carbocycles. The minimum Gasteiger partial charge on any atom is -0.480 e. The number of anilines is 1. The lowest BCUT2D eigenvalue weighted by Crippen LogP contribution is -2.49. The summed E-state index contributed by atoms with van der Waals surface area (Å²) in [4.78, 5) is 46.8. The molecule has 2 amide bonds. The number of carboxylic acids is 1. The van der Waals surface area contributed by atoms with Crippen molar-refractivity contribution in [3.8, 4) is 0 Å². The summed E-state index contributed by atoms with van der Waals surface area (Å²) in [5.41, 5.74) is 7.29. The van der Waals surface area contributed by atoms with Crippen LogP contribution in [0.3, 0.4) is 0 Å². The van der Waals surface area contributed by atoms with Gasteiger partial charge in [0.05, 0.1) is 6.61 Å². The summed E-state index contributed by atoms with van der Waals surface area (Å²) in [6.07, 6.45) is 2.78. The number of nitrogens with two attached hydrogens (primary N) is 1. The van der Waals surface area contributed by atoms with E-state index in [0.717, 1.165) is 22.3 Å². The summed E-state index contributed by atoms with van der Waals surface area (Å²) < 4.78 is 9.96. The molecule has 0 fully saturated rings. The van der Waals surface area contributed by atoms with Crippen LogP contribution in [0, 0.1) is 6.92 Å². The highest BCUT2D eigenvalue weighted by Crippen LogP contribution is 2.19. The van der Waals surface area contributed by atoms with Crippen LogP contribution < -0.4 is 11.4 Å². The predicted molar refractivity (Wildman–Crippen MR) is 129 cm³/mol. The summed E-state index contributed by atoms with van der Waals surface area (Å²) in [5, 5.41) is 10.0. The number of benzene rings is 1. The maximum Gasteiger partial charge on any atom is 0.417 e. The van der Waals surface area contributed by atoms with Gasteiger partial charge in [0.25, 0.3) is 0 Å². The SMILES string of the molecule is CCCCOC(=O)N(C(=O)CC)C(CCSC)C(=O)O.Cc1ccc2c(N)cc(=O)oc2c1. The van der Waals surface area contributed by atoms with Crippen molar-refractivity contribution in [3.63, 3.8) is 0 Å². The van der Waals surface area contributed by atoms with Gasteiger partial charge in [-0.15, -0.1) is 0 Å². The molecular formula is C23H32N2O7S. The molecule has 2 rings (SSSR count). The van der Waals surface area contributed by atoms with Crippen molar-refractivity contribution in [2.45, 2.75) is 52.5 Å². The minimum atomic E-state index is -1.19. The highest BCUT2D eigenvalue weighted by atomic mass is 32.2. The third-order valence-corrected chi connectivity index (χ3v) is 5.26. The molecule has 1 atom stereocenters. The summed E-state index contributed by atoms with van der Waals surface area (Å²) in [7, 11) is 0. The molecule has 1 unspecified atom stereocenters. The molecule has 9 nitrogen and oxygen atoms in total. The molecule has 0 saturated heterocycles. The standard InChI is InChI=1S/C13H23NO5S.C10H9NO2/c1-4-6-8-19-13(18)14(11(15)5-2)10(12(16)17)7-9-20-3;1-6-2-3-7-8(11)5-10(12)13-9(7)4-6/h10H,4-9H2,1-3H3,(H,16,17);2-5H,11H2,1H3. The second kappa shape index (κ2) is 14.2. The molecule has 3 N–H and O–H groups in total. The first-order valence-corrected chi connectivity index (χ1v) is 12.1. The normalized spacial score (nSPS) is 11.3. The number of carbonyl (C=O) groups excluding carboxylic acids is 2. The van der Waals surface area contributed by atoms with Gasteiger partial charge in [0.2, 0.25) is 5.91 Å². The predicted octanol–water partition coefficient (Wildman–Crippen LogP) is 4.05. The molecule has 0 bridgehead atoms. The van der Waals surface area contributed by atoms with Gasteiger partial charge in [-0.3, -0.25) is 4.79 Å². The fourth-order valence-corrected chi connectivity index (χ4v) is 3.29. The van der Waals surface area contributed by atoms with Gasteiger partial charge in [-0.2, -0.15) is 11.8 Å². The fourth-order valence-electron chi connectivity index (χ4n) is 2.83. The molecule has 0 radical (unpaired) electrons.